The third-order valence-corrected chi connectivity index (χ3v) is 3.98. The number of ether oxygens (including phenoxy) is 1. The van der Waals surface area contributed by atoms with E-state index in [0.717, 1.165) is 6.26 Å². The van der Waals surface area contributed by atoms with Crippen molar-refractivity contribution in [2.45, 2.75) is 13.8 Å². The van der Waals surface area contributed by atoms with Crippen molar-refractivity contribution in [2.24, 2.45) is 5.92 Å². The molecule has 1 amide bonds. The maximum Gasteiger partial charge on any atom is 0.257 e. The fourth-order valence-corrected chi connectivity index (χ4v) is 1.97. The fourth-order valence-electron chi connectivity index (χ4n) is 1.46. The summed E-state index contributed by atoms with van der Waals surface area (Å²) >= 11 is 0. The Morgan fingerprint density at radius 2 is 1.86 bits per heavy atom. The molecule has 0 aliphatic rings. The zero-order valence-corrected chi connectivity index (χ0v) is 13.6. The zero-order chi connectivity index (χ0) is 16.0. The third-order valence-electron chi connectivity index (χ3n) is 2.78. The van der Waals surface area contributed by atoms with Crippen molar-refractivity contribution in [3.63, 3.8) is 0 Å². The number of anilines is 1. The van der Waals surface area contributed by atoms with Gasteiger partial charge in [-0.15, -0.1) is 0 Å². The van der Waals surface area contributed by atoms with Crippen molar-refractivity contribution in [1.29, 1.82) is 0 Å². The van der Waals surface area contributed by atoms with Crippen LogP contribution in [0.1, 0.15) is 13.8 Å². The Hall–Kier alpha value is -1.76. The molecule has 0 unspecified atom stereocenters. The molecule has 118 valence electrons. The SMILES string of the molecule is CC(C)CNC(=O)COc1ccc(N(C)S(C)(=O)=O)cc1. The first-order chi connectivity index (χ1) is 9.70. The summed E-state index contributed by atoms with van der Waals surface area (Å²) < 4.78 is 29.3. The number of nitrogens with one attached hydrogen (secondary N) is 1. The highest BCUT2D eigenvalue weighted by molar-refractivity contribution is 7.92. The van der Waals surface area contributed by atoms with Crippen molar-refractivity contribution in [1.82, 2.24) is 5.32 Å². The first kappa shape index (κ1) is 17.3. The van der Waals surface area contributed by atoms with E-state index in [9.17, 15) is 13.2 Å². The minimum absolute atomic E-state index is 0.0615. The largest absolute Gasteiger partial charge is 0.484 e. The molecule has 0 aliphatic heterocycles. The lowest BCUT2D eigenvalue weighted by molar-refractivity contribution is -0.123. The lowest BCUT2D eigenvalue weighted by Gasteiger charge is -2.16. The number of benzene rings is 1. The van der Waals surface area contributed by atoms with Gasteiger partial charge in [0.15, 0.2) is 6.61 Å². The number of nitrogens with zero attached hydrogens (tertiary/aromatic N) is 1. The van der Waals surface area contributed by atoms with Gasteiger partial charge in [-0.1, -0.05) is 13.8 Å². The molecule has 0 fully saturated rings. The minimum atomic E-state index is -3.28. The highest BCUT2D eigenvalue weighted by Crippen LogP contribution is 2.20. The Labute approximate surface area is 126 Å². The summed E-state index contributed by atoms with van der Waals surface area (Å²) in [6, 6.07) is 6.52. The predicted molar refractivity (Wildman–Crippen MR) is 83.0 cm³/mol. The average molecular weight is 314 g/mol. The zero-order valence-electron chi connectivity index (χ0n) is 12.8. The maximum absolute atomic E-state index is 11.5. The highest BCUT2D eigenvalue weighted by Gasteiger charge is 2.11. The van der Waals surface area contributed by atoms with Gasteiger partial charge < -0.3 is 10.1 Å². The van der Waals surface area contributed by atoms with Gasteiger partial charge in [-0.25, -0.2) is 8.42 Å². The van der Waals surface area contributed by atoms with Crippen LogP contribution in [-0.4, -0.2) is 40.8 Å². The lowest BCUT2D eigenvalue weighted by Crippen LogP contribution is -2.31. The average Bonchev–Trinajstić information content (AvgIpc) is 2.41. The lowest BCUT2D eigenvalue weighted by atomic mass is 10.2. The van der Waals surface area contributed by atoms with Gasteiger partial charge in [0.25, 0.3) is 5.91 Å². The number of amides is 1. The van der Waals surface area contributed by atoms with Crippen LogP contribution in [0.4, 0.5) is 5.69 Å². The van der Waals surface area contributed by atoms with Crippen molar-refractivity contribution < 1.29 is 17.9 Å². The van der Waals surface area contributed by atoms with Gasteiger partial charge in [-0.3, -0.25) is 9.10 Å². The highest BCUT2D eigenvalue weighted by atomic mass is 32.2. The van der Waals surface area contributed by atoms with Crippen LogP contribution in [0.2, 0.25) is 0 Å². The molecule has 21 heavy (non-hydrogen) atoms. The fraction of sp³-hybridized carbons (Fsp3) is 0.500. The molecule has 0 bridgehead atoms. The van der Waals surface area contributed by atoms with Gasteiger partial charge in [-0.2, -0.15) is 0 Å². The van der Waals surface area contributed by atoms with Crippen molar-refractivity contribution in [3.8, 4) is 5.75 Å². The normalized spacial score (nSPS) is 11.3. The van der Waals surface area contributed by atoms with Crippen molar-refractivity contribution >= 4 is 21.6 Å². The van der Waals surface area contributed by atoms with E-state index < -0.39 is 10.0 Å². The van der Waals surface area contributed by atoms with Crippen LogP contribution < -0.4 is 14.4 Å². The molecule has 0 aliphatic carbocycles. The van der Waals surface area contributed by atoms with Gasteiger partial charge >= 0.3 is 0 Å². The first-order valence-electron chi connectivity index (χ1n) is 6.63. The van der Waals surface area contributed by atoms with E-state index >= 15 is 0 Å². The second-order valence-corrected chi connectivity index (χ2v) is 7.22. The monoisotopic (exact) mass is 314 g/mol. The summed E-state index contributed by atoms with van der Waals surface area (Å²) in [5, 5.41) is 2.75. The predicted octanol–water partition coefficient (Wildman–Crippen LogP) is 1.23. The van der Waals surface area contributed by atoms with Crippen LogP contribution in [0.25, 0.3) is 0 Å². The molecular weight excluding hydrogens is 292 g/mol. The summed E-state index contributed by atoms with van der Waals surface area (Å²) in [7, 11) is -1.80. The Morgan fingerprint density at radius 1 is 1.29 bits per heavy atom. The maximum atomic E-state index is 11.5. The first-order valence-corrected chi connectivity index (χ1v) is 8.48. The summed E-state index contributed by atoms with van der Waals surface area (Å²) in [6.45, 7) is 4.57. The van der Waals surface area contributed by atoms with Crippen LogP contribution in [0.3, 0.4) is 0 Å². The standard InChI is InChI=1S/C14H22N2O4S/c1-11(2)9-15-14(17)10-20-13-7-5-12(6-8-13)16(3)21(4,18)19/h5-8,11H,9-10H2,1-4H3,(H,15,17). The van der Waals surface area contributed by atoms with Crippen LogP contribution in [0.15, 0.2) is 24.3 Å². The molecule has 0 spiro atoms. The molecule has 1 rings (SSSR count). The molecule has 0 radical (unpaired) electrons. The summed E-state index contributed by atoms with van der Waals surface area (Å²) in [5.74, 6) is 0.723. The number of sulfonamides is 1. The molecule has 6 nitrogen and oxygen atoms in total. The van der Waals surface area contributed by atoms with E-state index in [-0.39, 0.29) is 12.5 Å². The van der Waals surface area contributed by atoms with E-state index in [2.05, 4.69) is 5.32 Å². The van der Waals surface area contributed by atoms with Gasteiger partial charge in [0.2, 0.25) is 10.0 Å². The molecule has 1 N–H and O–H groups in total. The van der Waals surface area contributed by atoms with E-state index in [1.807, 2.05) is 13.8 Å². The number of hydrogen-bond acceptors (Lipinski definition) is 4. The van der Waals surface area contributed by atoms with Crippen LogP contribution in [0.5, 0.6) is 5.75 Å². The Balaban J connectivity index is 2.54. The number of hydrogen-bond donors (Lipinski definition) is 1. The molecule has 7 heteroatoms. The second kappa shape index (κ2) is 7.31. The summed E-state index contributed by atoms with van der Waals surface area (Å²) in [4.78, 5) is 11.5. The summed E-state index contributed by atoms with van der Waals surface area (Å²) in [6.07, 6.45) is 1.14. The van der Waals surface area contributed by atoms with Crippen LogP contribution >= 0.6 is 0 Å². The topological polar surface area (TPSA) is 75.7 Å². The van der Waals surface area contributed by atoms with E-state index in [1.165, 1.54) is 11.4 Å². The van der Waals surface area contributed by atoms with Gasteiger partial charge in [0, 0.05) is 13.6 Å². The number of carbonyl (C=O) groups excluding carboxylic acids is 1. The van der Waals surface area contributed by atoms with Crippen molar-refractivity contribution in [3.05, 3.63) is 24.3 Å². The molecule has 0 aromatic heterocycles. The molecule has 0 saturated heterocycles. The number of carbonyl (C=O) groups is 1. The molecule has 1 aromatic rings. The third kappa shape index (κ3) is 6.03. The molecular formula is C14H22N2O4S. The Kier molecular flexibility index (Phi) is 6.02. The minimum Gasteiger partial charge on any atom is -0.484 e. The van der Waals surface area contributed by atoms with Gasteiger partial charge in [-0.05, 0) is 30.2 Å². The molecule has 0 atom stereocenters. The summed E-state index contributed by atoms with van der Waals surface area (Å²) in [5.41, 5.74) is 0.536. The van der Waals surface area contributed by atoms with E-state index in [1.54, 1.807) is 24.3 Å². The smallest absolute Gasteiger partial charge is 0.257 e. The molecule has 0 heterocycles. The Morgan fingerprint density at radius 3 is 2.33 bits per heavy atom. The van der Waals surface area contributed by atoms with Gasteiger partial charge in [0.05, 0.1) is 11.9 Å². The Bertz CT molecular complexity index is 567. The van der Waals surface area contributed by atoms with Crippen LogP contribution in [-0.2, 0) is 14.8 Å². The van der Waals surface area contributed by atoms with E-state index in [0.29, 0.717) is 23.9 Å². The van der Waals surface area contributed by atoms with Crippen LogP contribution in [0, 0.1) is 5.92 Å². The molecule has 0 saturated carbocycles. The van der Waals surface area contributed by atoms with Gasteiger partial charge in [0.1, 0.15) is 5.75 Å². The second-order valence-electron chi connectivity index (χ2n) is 5.21. The number of rotatable bonds is 7. The molecule has 1 aromatic carbocycles. The van der Waals surface area contributed by atoms with Crippen molar-refractivity contribution in [2.75, 3.05) is 30.8 Å². The van der Waals surface area contributed by atoms with E-state index in [4.69, 9.17) is 4.74 Å². The quantitative estimate of drug-likeness (QED) is 0.821.